The highest BCUT2D eigenvalue weighted by Gasteiger charge is 2.26. The van der Waals surface area contributed by atoms with E-state index in [1.165, 1.54) is 0 Å². The molecule has 0 saturated carbocycles. The first-order valence-electron chi connectivity index (χ1n) is 7.78. The molecule has 0 aliphatic carbocycles. The van der Waals surface area contributed by atoms with Crippen molar-refractivity contribution in [3.63, 3.8) is 0 Å². The molecular formula is C18H16BrCl2NO3. The zero-order valence-corrected chi connectivity index (χ0v) is 16.5. The molecule has 132 valence electrons. The van der Waals surface area contributed by atoms with Gasteiger partial charge in [0.2, 0.25) is 0 Å². The molecule has 0 radical (unpaired) electrons. The van der Waals surface area contributed by atoms with Gasteiger partial charge in [0.05, 0.1) is 17.1 Å². The molecule has 2 aromatic carbocycles. The molecule has 3 rings (SSSR count). The van der Waals surface area contributed by atoms with Crippen LogP contribution in [0, 0.1) is 0 Å². The van der Waals surface area contributed by atoms with Crippen LogP contribution in [0.2, 0.25) is 10.0 Å². The zero-order valence-electron chi connectivity index (χ0n) is 13.4. The molecule has 2 atom stereocenters. The van der Waals surface area contributed by atoms with Gasteiger partial charge in [-0.25, -0.2) is 0 Å². The summed E-state index contributed by atoms with van der Waals surface area (Å²) in [4.78, 5) is 12.5. The Labute approximate surface area is 164 Å². The average Bonchev–Trinajstić information content (AvgIpc) is 2.57. The fourth-order valence-electron chi connectivity index (χ4n) is 2.62. The summed E-state index contributed by atoms with van der Waals surface area (Å²) in [6.45, 7) is 2.24. The van der Waals surface area contributed by atoms with Crippen molar-refractivity contribution in [3.05, 3.63) is 56.5 Å². The van der Waals surface area contributed by atoms with Crippen LogP contribution in [0.25, 0.3) is 0 Å². The van der Waals surface area contributed by atoms with Gasteiger partial charge < -0.3 is 14.8 Å². The van der Waals surface area contributed by atoms with Crippen molar-refractivity contribution in [1.82, 2.24) is 5.32 Å². The third kappa shape index (κ3) is 4.40. The van der Waals surface area contributed by atoms with E-state index in [9.17, 15) is 4.79 Å². The highest BCUT2D eigenvalue weighted by Crippen LogP contribution is 2.34. The summed E-state index contributed by atoms with van der Waals surface area (Å²) < 4.78 is 12.1. The van der Waals surface area contributed by atoms with Gasteiger partial charge in [-0.15, -0.1) is 0 Å². The molecule has 1 aliphatic heterocycles. The fraction of sp³-hybridized carbons (Fsp3) is 0.278. The summed E-state index contributed by atoms with van der Waals surface area (Å²) >= 11 is 15.4. The van der Waals surface area contributed by atoms with Gasteiger partial charge in [-0.05, 0) is 59.3 Å². The molecular weight excluding hydrogens is 429 g/mol. The van der Waals surface area contributed by atoms with Crippen molar-refractivity contribution in [1.29, 1.82) is 0 Å². The molecule has 1 amide bonds. The molecule has 2 unspecified atom stereocenters. The lowest BCUT2D eigenvalue weighted by atomic mass is 10.0. The Bertz CT molecular complexity index is 800. The van der Waals surface area contributed by atoms with Crippen molar-refractivity contribution in [2.45, 2.75) is 25.5 Å². The topological polar surface area (TPSA) is 47.6 Å². The molecule has 25 heavy (non-hydrogen) atoms. The minimum Gasteiger partial charge on any atom is -0.493 e. The van der Waals surface area contributed by atoms with Crippen LogP contribution in [0.3, 0.4) is 0 Å². The van der Waals surface area contributed by atoms with Gasteiger partial charge in [0.15, 0.2) is 6.10 Å². The first kappa shape index (κ1) is 18.4. The summed E-state index contributed by atoms with van der Waals surface area (Å²) in [6, 6.07) is 10.4. The predicted octanol–water partition coefficient (Wildman–Crippen LogP) is 5.16. The average molecular weight is 445 g/mol. The van der Waals surface area contributed by atoms with Crippen LogP contribution in [0.5, 0.6) is 11.5 Å². The van der Waals surface area contributed by atoms with Crippen LogP contribution in [-0.2, 0) is 4.79 Å². The number of hydrogen-bond donors (Lipinski definition) is 1. The van der Waals surface area contributed by atoms with E-state index in [0.29, 0.717) is 33.3 Å². The van der Waals surface area contributed by atoms with Gasteiger partial charge in [-0.1, -0.05) is 23.2 Å². The number of fused-ring (bicyclic) bond motifs is 1. The van der Waals surface area contributed by atoms with Gasteiger partial charge in [-0.2, -0.15) is 0 Å². The van der Waals surface area contributed by atoms with E-state index in [4.69, 9.17) is 32.7 Å². The number of benzene rings is 2. The summed E-state index contributed by atoms with van der Waals surface area (Å²) in [5.74, 6) is 1.09. The van der Waals surface area contributed by atoms with Crippen molar-refractivity contribution < 1.29 is 14.3 Å². The lowest BCUT2D eigenvalue weighted by Gasteiger charge is -2.28. The minimum atomic E-state index is -0.664. The van der Waals surface area contributed by atoms with Crippen molar-refractivity contribution in [2.75, 3.05) is 6.61 Å². The maximum Gasteiger partial charge on any atom is 0.261 e. The van der Waals surface area contributed by atoms with Crippen LogP contribution in [0.4, 0.5) is 0 Å². The second kappa shape index (κ2) is 7.85. The normalized spacial score (nSPS) is 17.2. The molecule has 0 spiro atoms. The van der Waals surface area contributed by atoms with Gasteiger partial charge in [-0.3, -0.25) is 4.79 Å². The lowest BCUT2D eigenvalue weighted by Crippen LogP contribution is -2.40. The molecule has 1 heterocycles. The number of amides is 1. The maximum absolute atomic E-state index is 12.5. The first-order valence-corrected chi connectivity index (χ1v) is 9.33. The molecule has 0 saturated heterocycles. The molecule has 7 heteroatoms. The Morgan fingerprint density at radius 1 is 1.28 bits per heavy atom. The number of rotatable bonds is 4. The van der Waals surface area contributed by atoms with Crippen LogP contribution >= 0.6 is 39.1 Å². The highest BCUT2D eigenvalue weighted by molar-refractivity contribution is 9.10. The number of halogens is 3. The van der Waals surface area contributed by atoms with E-state index in [2.05, 4.69) is 21.2 Å². The monoisotopic (exact) mass is 443 g/mol. The summed E-state index contributed by atoms with van der Waals surface area (Å²) in [7, 11) is 0. The molecule has 0 aromatic heterocycles. The van der Waals surface area contributed by atoms with E-state index in [1.54, 1.807) is 31.2 Å². The van der Waals surface area contributed by atoms with Crippen molar-refractivity contribution in [2.24, 2.45) is 0 Å². The predicted molar refractivity (Wildman–Crippen MR) is 102 cm³/mol. The number of ether oxygens (including phenoxy) is 2. The van der Waals surface area contributed by atoms with E-state index in [0.717, 1.165) is 11.3 Å². The van der Waals surface area contributed by atoms with E-state index in [1.807, 2.05) is 12.1 Å². The minimum absolute atomic E-state index is 0.158. The third-order valence-electron chi connectivity index (χ3n) is 3.89. The second-order valence-corrected chi connectivity index (χ2v) is 7.44. The number of nitrogens with one attached hydrogen (secondary N) is 1. The van der Waals surface area contributed by atoms with Gasteiger partial charge in [0, 0.05) is 22.0 Å². The molecule has 2 aromatic rings. The number of carbonyl (C=O) groups excluding carboxylic acids is 1. The molecule has 4 nitrogen and oxygen atoms in total. The first-order chi connectivity index (χ1) is 11.9. The van der Waals surface area contributed by atoms with Crippen LogP contribution in [0.1, 0.15) is 24.9 Å². The van der Waals surface area contributed by atoms with Crippen LogP contribution < -0.4 is 14.8 Å². The van der Waals surface area contributed by atoms with E-state index < -0.39 is 6.10 Å². The Hall–Kier alpha value is -1.43. The SMILES string of the molecule is CC(Oc1ccc(Cl)cc1Br)C(=O)NC1CCOc2ccc(Cl)cc21. The molecule has 0 bridgehead atoms. The van der Waals surface area contributed by atoms with Crippen molar-refractivity contribution in [3.8, 4) is 11.5 Å². The standard InChI is InChI=1S/C18H16BrCl2NO3/c1-10(25-17-5-3-12(21)9-14(17)19)18(23)22-15-6-7-24-16-4-2-11(20)8-13(15)16/h2-5,8-10,15H,6-7H2,1H3,(H,22,23). The molecule has 1 N–H and O–H groups in total. The van der Waals surface area contributed by atoms with E-state index in [-0.39, 0.29) is 11.9 Å². The highest BCUT2D eigenvalue weighted by atomic mass is 79.9. The fourth-order valence-corrected chi connectivity index (χ4v) is 3.58. The summed E-state index contributed by atoms with van der Waals surface area (Å²) in [5.41, 5.74) is 0.881. The molecule has 0 fully saturated rings. The van der Waals surface area contributed by atoms with Crippen molar-refractivity contribution >= 4 is 45.0 Å². The Balaban J connectivity index is 1.69. The van der Waals surface area contributed by atoms with Gasteiger partial charge in [0.1, 0.15) is 11.5 Å². The van der Waals surface area contributed by atoms with Crippen LogP contribution in [0.15, 0.2) is 40.9 Å². The number of hydrogen-bond acceptors (Lipinski definition) is 3. The van der Waals surface area contributed by atoms with E-state index >= 15 is 0 Å². The quantitative estimate of drug-likeness (QED) is 0.708. The maximum atomic E-state index is 12.5. The summed E-state index contributed by atoms with van der Waals surface area (Å²) in [6.07, 6.45) is 0.0131. The summed E-state index contributed by atoms with van der Waals surface area (Å²) in [5, 5.41) is 4.21. The number of carbonyl (C=O) groups is 1. The Morgan fingerprint density at radius 2 is 2.00 bits per heavy atom. The van der Waals surface area contributed by atoms with Gasteiger partial charge in [0.25, 0.3) is 5.91 Å². The Morgan fingerprint density at radius 3 is 2.76 bits per heavy atom. The lowest BCUT2D eigenvalue weighted by molar-refractivity contribution is -0.128. The van der Waals surface area contributed by atoms with Gasteiger partial charge >= 0.3 is 0 Å². The largest absolute Gasteiger partial charge is 0.493 e. The third-order valence-corrected chi connectivity index (χ3v) is 4.98. The molecule has 1 aliphatic rings. The van der Waals surface area contributed by atoms with Crippen LogP contribution in [-0.4, -0.2) is 18.6 Å². The smallest absolute Gasteiger partial charge is 0.261 e. The zero-order chi connectivity index (χ0) is 18.0. The Kier molecular flexibility index (Phi) is 5.77. The second-order valence-electron chi connectivity index (χ2n) is 5.72.